The minimum Gasteiger partial charge on any atom is -0.468 e. The summed E-state index contributed by atoms with van der Waals surface area (Å²) in [5, 5.41) is 3.35. The molecule has 2 heterocycles. The van der Waals surface area contributed by atoms with Crippen LogP contribution in [0.15, 0.2) is 41.0 Å². The molecule has 1 fully saturated rings. The summed E-state index contributed by atoms with van der Waals surface area (Å²) < 4.78 is 19.7. The molecule has 1 aliphatic heterocycles. The summed E-state index contributed by atoms with van der Waals surface area (Å²) in [5.41, 5.74) is 1.70. The lowest BCUT2D eigenvalue weighted by molar-refractivity contribution is 0.459. The van der Waals surface area contributed by atoms with Gasteiger partial charge in [-0.05, 0) is 56.0 Å². The molecular weight excluding hydrogens is 279 g/mol. The average Bonchev–Trinajstić information content (AvgIpc) is 3.07. The van der Waals surface area contributed by atoms with Gasteiger partial charge in [0.25, 0.3) is 0 Å². The second-order valence-corrected chi connectivity index (χ2v) is 5.94. The van der Waals surface area contributed by atoms with E-state index in [1.54, 1.807) is 12.3 Å². The Balaban J connectivity index is 1.65. The highest BCUT2D eigenvalue weighted by Gasteiger charge is 2.16. The van der Waals surface area contributed by atoms with Crippen LogP contribution in [0.3, 0.4) is 0 Å². The van der Waals surface area contributed by atoms with Crippen LogP contribution in [0.1, 0.15) is 43.6 Å². The first kappa shape index (κ1) is 15.1. The molecule has 0 bridgehead atoms. The number of hydrogen-bond acceptors (Lipinski definition) is 3. The van der Waals surface area contributed by atoms with E-state index in [9.17, 15) is 4.39 Å². The van der Waals surface area contributed by atoms with E-state index in [0.717, 1.165) is 42.9 Å². The molecule has 118 valence electrons. The molecule has 1 atom stereocenters. The Morgan fingerprint density at radius 2 is 2.05 bits per heavy atom. The molecule has 22 heavy (non-hydrogen) atoms. The third-order valence-electron chi connectivity index (χ3n) is 4.33. The van der Waals surface area contributed by atoms with E-state index in [-0.39, 0.29) is 11.9 Å². The molecular formula is C18H23FN2O. The molecule has 0 aliphatic carbocycles. The maximum Gasteiger partial charge on any atom is 0.146 e. The molecule has 2 aromatic rings. The molecule has 3 rings (SSSR count). The number of nitrogens with one attached hydrogen (secondary N) is 1. The zero-order valence-corrected chi connectivity index (χ0v) is 13.0. The highest BCUT2D eigenvalue weighted by Crippen LogP contribution is 2.26. The zero-order valence-electron chi connectivity index (χ0n) is 13.0. The van der Waals surface area contributed by atoms with Crippen molar-refractivity contribution in [2.24, 2.45) is 0 Å². The normalized spacial score (nSPS) is 16.7. The first-order valence-electron chi connectivity index (χ1n) is 8.04. The van der Waals surface area contributed by atoms with Gasteiger partial charge in [0.2, 0.25) is 0 Å². The van der Waals surface area contributed by atoms with Crippen LogP contribution in [0.25, 0.3) is 0 Å². The van der Waals surface area contributed by atoms with Gasteiger partial charge >= 0.3 is 0 Å². The second kappa shape index (κ2) is 6.97. The predicted molar refractivity (Wildman–Crippen MR) is 86.4 cm³/mol. The Kier molecular flexibility index (Phi) is 4.78. The highest BCUT2D eigenvalue weighted by atomic mass is 19.1. The molecule has 0 radical (unpaired) electrons. The summed E-state index contributed by atoms with van der Waals surface area (Å²) in [6, 6.07) is 9.47. The van der Waals surface area contributed by atoms with Crippen LogP contribution in [-0.4, -0.2) is 13.1 Å². The number of rotatable bonds is 5. The van der Waals surface area contributed by atoms with Gasteiger partial charge in [0, 0.05) is 19.1 Å². The van der Waals surface area contributed by atoms with Crippen molar-refractivity contribution in [2.75, 3.05) is 18.0 Å². The Morgan fingerprint density at radius 1 is 1.23 bits per heavy atom. The fourth-order valence-corrected chi connectivity index (χ4v) is 2.97. The lowest BCUT2D eigenvalue weighted by atomic mass is 10.1. The summed E-state index contributed by atoms with van der Waals surface area (Å²) in [5.74, 6) is 0.767. The topological polar surface area (TPSA) is 28.4 Å². The van der Waals surface area contributed by atoms with Gasteiger partial charge in [0.15, 0.2) is 0 Å². The molecule has 1 N–H and O–H groups in total. The van der Waals surface area contributed by atoms with E-state index in [4.69, 9.17) is 4.42 Å². The molecule has 4 heteroatoms. The Morgan fingerprint density at radius 3 is 2.73 bits per heavy atom. The van der Waals surface area contributed by atoms with Crippen LogP contribution in [0.2, 0.25) is 0 Å². The molecule has 1 aliphatic rings. The average molecular weight is 302 g/mol. The maximum atomic E-state index is 14.4. The van der Waals surface area contributed by atoms with E-state index in [2.05, 4.69) is 10.2 Å². The van der Waals surface area contributed by atoms with Crippen LogP contribution in [-0.2, 0) is 6.54 Å². The van der Waals surface area contributed by atoms with Crippen molar-refractivity contribution in [1.82, 2.24) is 5.32 Å². The molecule has 0 unspecified atom stereocenters. The Bertz CT molecular complexity index is 591. The Hall–Kier alpha value is -1.81. The first-order valence-corrected chi connectivity index (χ1v) is 8.04. The van der Waals surface area contributed by atoms with Crippen molar-refractivity contribution >= 4 is 5.69 Å². The zero-order chi connectivity index (χ0) is 15.4. The largest absolute Gasteiger partial charge is 0.468 e. The SMILES string of the molecule is C[C@H](NCc1ccco1)c1ccc(N2CCCCC2)c(F)c1. The van der Waals surface area contributed by atoms with Gasteiger partial charge in [-0.25, -0.2) is 4.39 Å². The molecule has 1 saturated heterocycles. The quantitative estimate of drug-likeness (QED) is 0.894. The molecule has 0 spiro atoms. The molecule has 0 saturated carbocycles. The highest BCUT2D eigenvalue weighted by molar-refractivity contribution is 5.49. The smallest absolute Gasteiger partial charge is 0.146 e. The van der Waals surface area contributed by atoms with Gasteiger partial charge in [-0.2, -0.15) is 0 Å². The number of furan rings is 1. The molecule has 0 amide bonds. The summed E-state index contributed by atoms with van der Waals surface area (Å²) >= 11 is 0. The van der Waals surface area contributed by atoms with Gasteiger partial charge < -0.3 is 14.6 Å². The van der Waals surface area contributed by atoms with Crippen molar-refractivity contribution in [3.63, 3.8) is 0 Å². The second-order valence-electron chi connectivity index (χ2n) is 5.94. The fraction of sp³-hybridized carbons (Fsp3) is 0.444. The van der Waals surface area contributed by atoms with E-state index in [1.807, 2.05) is 31.2 Å². The number of anilines is 1. The van der Waals surface area contributed by atoms with Crippen molar-refractivity contribution in [3.8, 4) is 0 Å². The predicted octanol–water partition coefficient (Wildman–Crippen LogP) is 4.26. The van der Waals surface area contributed by atoms with E-state index in [0.29, 0.717) is 6.54 Å². The van der Waals surface area contributed by atoms with E-state index >= 15 is 0 Å². The molecule has 1 aromatic carbocycles. The third-order valence-corrected chi connectivity index (χ3v) is 4.33. The lowest BCUT2D eigenvalue weighted by Gasteiger charge is -2.29. The standard InChI is InChI=1S/C18H23FN2O/c1-14(20-13-16-6-5-11-22-16)15-7-8-18(17(19)12-15)21-9-3-2-4-10-21/h5-8,11-12,14,20H,2-4,9-10,13H2,1H3/t14-/m0/s1. The van der Waals surface area contributed by atoms with Gasteiger partial charge in [-0.1, -0.05) is 6.07 Å². The number of nitrogens with zero attached hydrogens (tertiary/aromatic N) is 1. The van der Waals surface area contributed by atoms with Gasteiger partial charge in [-0.15, -0.1) is 0 Å². The minimum atomic E-state index is -0.119. The first-order chi connectivity index (χ1) is 10.7. The summed E-state index contributed by atoms with van der Waals surface area (Å²) in [7, 11) is 0. The van der Waals surface area contributed by atoms with Gasteiger partial charge in [0.1, 0.15) is 11.6 Å². The number of halogens is 1. The summed E-state index contributed by atoms with van der Waals surface area (Å²) in [4.78, 5) is 2.16. The monoisotopic (exact) mass is 302 g/mol. The van der Waals surface area contributed by atoms with Crippen molar-refractivity contribution < 1.29 is 8.81 Å². The maximum absolute atomic E-state index is 14.4. The van der Waals surface area contributed by atoms with Crippen molar-refractivity contribution in [3.05, 3.63) is 53.7 Å². The Labute approximate surface area is 131 Å². The number of hydrogen-bond donors (Lipinski definition) is 1. The van der Waals surface area contributed by atoms with Gasteiger partial charge in [-0.3, -0.25) is 0 Å². The third kappa shape index (κ3) is 3.50. The molecule has 3 nitrogen and oxygen atoms in total. The van der Waals surface area contributed by atoms with Crippen LogP contribution >= 0.6 is 0 Å². The number of benzene rings is 1. The summed E-state index contributed by atoms with van der Waals surface area (Å²) in [6.07, 6.45) is 5.23. The van der Waals surface area contributed by atoms with Crippen molar-refractivity contribution in [1.29, 1.82) is 0 Å². The molecule has 1 aromatic heterocycles. The van der Waals surface area contributed by atoms with Crippen LogP contribution in [0, 0.1) is 5.82 Å². The van der Waals surface area contributed by atoms with Gasteiger partial charge in [0.05, 0.1) is 18.5 Å². The van der Waals surface area contributed by atoms with Crippen LogP contribution in [0.5, 0.6) is 0 Å². The fourth-order valence-electron chi connectivity index (χ4n) is 2.97. The minimum absolute atomic E-state index is 0.0787. The van der Waals surface area contributed by atoms with Crippen LogP contribution in [0.4, 0.5) is 10.1 Å². The summed E-state index contributed by atoms with van der Waals surface area (Å²) in [6.45, 7) is 4.60. The lowest BCUT2D eigenvalue weighted by Crippen LogP contribution is -2.30. The van der Waals surface area contributed by atoms with Crippen LogP contribution < -0.4 is 10.2 Å². The van der Waals surface area contributed by atoms with E-state index in [1.165, 1.54) is 6.42 Å². The number of piperidine rings is 1. The van der Waals surface area contributed by atoms with Crippen molar-refractivity contribution in [2.45, 2.75) is 38.8 Å². The van der Waals surface area contributed by atoms with E-state index < -0.39 is 0 Å².